The van der Waals surface area contributed by atoms with Gasteiger partial charge in [0.1, 0.15) is 17.0 Å². The molecule has 0 fully saturated rings. The molecule has 0 saturated carbocycles. The Balaban J connectivity index is 1.92. The van der Waals surface area contributed by atoms with Crippen molar-refractivity contribution in [1.29, 1.82) is 0 Å². The topological polar surface area (TPSA) is 76.1 Å². The summed E-state index contributed by atoms with van der Waals surface area (Å²) >= 11 is 0. The number of nitrogens with zero attached hydrogens (tertiary/aromatic N) is 1. The number of anilines is 1. The first-order chi connectivity index (χ1) is 13.9. The summed E-state index contributed by atoms with van der Waals surface area (Å²) in [6.45, 7) is 3.47. The molecule has 6 heteroatoms. The maximum atomic E-state index is 12.4. The Morgan fingerprint density at radius 3 is 2.69 bits per heavy atom. The van der Waals surface area contributed by atoms with E-state index in [0.717, 1.165) is 22.1 Å². The van der Waals surface area contributed by atoms with E-state index >= 15 is 0 Å². The number of ether oxygens (including phenoxy) is 1. The van der Waals surface area contributed by atoms with Crippen LogP contribution in [-0.2, 0) is 11.8 Å². The van der Waals surface area contributed by atoms with Gasteiger partial charge in [-0.3, -0.25) is 9.59 Å². The summed E-state index contributed by atoms with van der Waals surface area (Å²) in [5.41, 5.74) is 3.77. The fourth-order valence-corrected chi connectivity index (χ4v) is 3.40. The lowest BCUT2D eigenvalue weighted by Gasteiger charge is -2.15. The number of benzene rings is 2. The number of aromatic nitrogens is 2. The molecule has 0 atom stereocenters. The van der Waals surface area contributed by atoms with Gasteiger partial charge in [-0.1, -0.05) is 12.1 Å². The largest absolute Gasteiger partial charge is 0.457 e. The standard InChI is InChI=1S/C23H21N3O3/c1-14-5-4-6-17(11-14)29-21-8-7-16(25-15(2)27)12-19(21)20-13-26(3)23(28)22-18(20)9-10-24-22/h4-13,24H,1-3H3,(H,25,27). The Labute approximate surface area is 167 Å². The van der Waals surface area contributed by atoms with Gasteiger partial charge >= 0.3 is 0 Å². The number of pyridine rings is 1. The summed E-state index contributed by atoms with van der Waals surface area (Å²) in [7, 11) is 1.71. The van der Waals surface area contributed by atoms with E-state index < -0.39 is 0 Å². The monoisotopic (exact) mass is 387 g/mol. The fourth-order valence-electron chi connectivity index (χ4n) is 3.40. The molecule has 4 aromatic rings. The van der Waals surface area contributed by atoms with Gasteiger partial charge < -0.3 is 19.6 Å². The number of amides is 1. The van der Waals surface area contributed by atoms with Crippen molar-refractivity contribution in [2.75, 3.05) is 5.32 Å². The van der Waals surface area contributed by atoms with Crippen LogP contribution in [0.15, 0.2) is 65.7 Å². The minimum Gasteiger partial charge on any atom is -0.457 e. The molecule has 0 radical (unpaired) electrons. The highest BCUT2D eigenvalue weighted by Gasteiger charge is 2.16. The van der Waals surface area contributed by atoms with Crippen molar-refractivity contribution in [3.8, 4) is 22.6 Å². The van der Waals surface area contributed by atoms with Crippen LogP contribution in [0.25, 0.3) is 22.0 Å². The van der Waals surface area contributed by atoms with Gasteiger partial charge in [0.25, 0.3) is 5.56 Å². The average molecular weight is 387 g/mol. The molecular formula is C23H21N3O3. The first-order valence-electron chi connectivity index (χ1n) is 9.25. The molecule has 0 spiro atoms. The van der Waals surface area contributed by atoms with Gasteiger partial charge in [0, 0.05) is 48.6 Å². The zero-order valence-corrected chi connectivity index (χ0v) is 16.4. The zero-order valence-electron chi connectivity index (χ0n) is 16.4. The molecule has 0 bridgehead atoms. The van der Waals surface area contributed by atoms with Crippen LogP contribution < -0.4 is 15.6 Å². The van der Waals surface area contributed by atoms with Crippen LogP contribution in [0.1, 0.15) is 12.5 Å². The molecule has 0 unspecified atom stereocenters. The highest BCUT2D eigenvalue weighted by molar-refractivity contribution is 5.97. The molecule has 2 aromatic carbocycles. The molecular weight excluding hydrogens is 366 g/mol. The number of carbonyl (C=O) groups excluding carboxylic acids is 1. The third kappa shape index (κ3) is 3.65. The maximum absolute atomic E-state index is 12.4. The van der Waals surface area contributed by atoms with E-state index in [9.17, 15) is 9.59 Å². The number of nitrogens with one attached hydrogen (secondary N) is 2. The number of aromatic amines is 1. The van der Waals surface area contributed by atoms with Crippen LogP contribution in [0.4, 0.5) is 5.69 Å². The number of fused-ring (bicyclic) bond motifs is 1. The molecule has 1 amide bonds. The predicted octanol–water partition coefficient (Wildman–Crippen LogP) is 4.59. The lowest BCUT2D eigenvalue weighted by molar-refractivity contribution is -0.114. The van der Waals surface area contributed by atoms with Crippen LogP contribution in [0.2, 0.25) is 0 Å². The van der Waals surface area contributed by atoms with Gasteiger partial charge in [-0.2, -0.15) is 0 Å². The molecule has 29 heavy (non-hydrogen) atoms. The van der Waals surface area contributed by atoms with Crippen LogP contribution in [0, 0.1) is 6.92 Å². The summed E-state index contributed by atoms with van der Waals surface area (Å²) in [5, 5.41) is 3.61. The summed E-state index contributed by atoms with van der Waals surface area (Å²) in [5.74, 6) is 1.19. The van der Waals surface area contributed by atoms with Gasteiger partial charge in [0.15, 0.2) is 0 Å². The SMILES string of the molecule is CC(=O)Nc1ccc(Oc2cccc(C)c2)c(-c2cn(C)c(=O)c3[nH]ccc23)c1. The van der Waals surface area contributed by atoms with Gasteiger partial charge in [0.05, 0.1) is 0 Å². The van der Waals surface area contributed by atoms with Crippen molar-refractivity contribution in [1.82, 2.24) is 9.55 Å². The lowest BCUT2D eigenvalue weighted by atomic mass is 10.0. The minimum absolute atomic E-state index is 0.104. The molecule has 146 valence electrons. The Morgan fingerprint density at radius 1 is 1.10 bits per heavy atom. The van der Waals surface area contributed by atoms with Crippen molar-refractivity contribution in [3.05, 3.63) is 76.8 Å². The van der Waals surface area contributed by atoms with Gasteiger partial charge in [-0.05, 0) is 48.9 Å². The molecule has 6 nitrogen and oxygen atoms in total. The lowest BCUT2D eigenvalue weighted by Crippen LogP contribution is -2.16. The fraction of sp³-hybridized carbons (Fsp3) is 0.130. The summed E-state index contributed by atoms with van der Waals surface area (Å²) in [4.78, 5) is 27.0. The summed E-state index contributed by atoms with van der Waals surface area (Å²) in [6.07, 6.45) is 3.53. The predicted molar refractivity (Wildman–Crippen MR) is 115 cm³/mol. The van der Waals surface area contributed by atoms with Gasteiger partial charge in [-0.25, -0.2) is 0 Å². The van der Waals surface area contributed by atoms with Crippen molar-refractivity contribution in [2.24, 2.45) is 7.05 Å². The minimum atomic E-state index is -0.157. The first kappa shape index (κ1) is 18.6. The van der Waals surface area contributed by atoms with E-state index in [1.54, 1.807) is 25.5 Å². The van der Waals surface area contributed by atoms with Gasteiger partial charge in [-0.15, -0.1) is 0 Å². The van der Waals surface area contributed by atoms with Crippen molar-refractivity contribution in [2.45, 2.75) is 13.8 Å². The van der Waals surface area contributed by atoms with E-state index in [2.05, 4.69) is 10.3 Å². The van der Waals surface area contributed by atoms with E-state index in [0.29, 0.717) is 22.7 Å². The number of carbonyl (C=O) groups is 1. The highest BCUT2D eigenvalue weighted by atomic mass is 16.5. The Hall–Kier alpha value is -3.80. The Bertz CT molecular complexity index is 1280. The van der Waals surface area contributed by atoms with Crippen LogP contribution in [0.3, 0.4) is 0 Å². The Kier molecular flexibility index (Phi) is 4.68. The van der Waals surface area contributed by atoms with E-state index in [4.69, 9.17) is 4.74 Å². The first-order valence-corrected chi connectivity index (χ1v) is 9.25. The molecule has 2 heterocycles. The van der Waals surface area contributed by atoms with E-state index in [1.165, 1.54) is 11.5 Å². The van der Waals surface area contributed by atoms with Crippen molar-refractivity contribution < 1.29 is 9.53 Å². The molecule has 2 N–H and O–H groups in total. The second kappa shape index (κ2) is 7.31. The van der Waals surface area contributed by atoms with Crippen molar-refractivity contribution >= 4 is 22.5 Å². The third-order valence-corrected chi connectivity index (χ3v) is 4.70. The number of hydrogen-bond acceptors (Lipinski definition) is 3. The molecule has 4 rings (SSSR count). The normalized spacial score (nSPS) is 10.9. The number of rotatable bonds is 4. The molecule has 0 aliphatic heterocycles. The van der Waals surface area contributed by atoms with Gasteiger partial charge in [0.2, 0.25) is 5.91 Å². The van der Waals surface area contributed by atoms with Crippen LogP contribution in [-0.4, -0.2) is 15.5 Å². The molecule has 0 aliphatic carbocycles. The molecule has 2 aromatic heterocycles. The molecule has 0 aliphatic rings. The van der Waals surface area contributed by atoms with E-state index in [1.807, 2.05) is 49.4 Å². The summed E-state index contributed by atoms with van der Waals surface area (Å²) in [6, 6.07) is 15.1. The average Bonchev–Trinajstić information content (AvgIpc) is 3.16. The number of hydrogen-bond donors (Lipinski definition) is 2. The third-order valence-electron chi connectivity index (χ3n) is 4.70. The smallest absolute Gasteiger partial charge is 0.274 e. The second-order valence-electron chi connectivity index (χ2n) is 7.04. The highest BCUT2D eigenvalue weighted by Crippen LogP contribution is 2.38. The van der Waals surface area contributed by atoms with Crippen LogP contribution >= 0.6 is 0 Å². The number of H-pyrrole nitrogens is 1. The quantitative estimate of drug-likeness (QED) is 0.538. The molecule has 0 saturated heterocycles. The van der Waals surface area contributed by atoms with E-state index in [-0.39, 0.29) is 11.5 Å². The summed E-state index contributed by atoms with van der Waals surface area (Å²) < 4.78 is 7.73. The Morgan fingerprint density at radius 2 is 1.93 bits per heavy atom. The maximum Gasteiger partial charge on any atom is 0.274 e. The second-order valence-corrected chi connectivity index (χ2v) is 7.04. The van der Waals surface area contributed by atoms with Crippen LogP contribution in [0.5, 0.6) is 11.5 Å². The number of aryl methyl sites for hydroxylation is 2. The van der Waals surface area contributed by atoms with Crippen molar-refractivity contribution in [3.63, 3.8) is 0 Å². The zero-order chi connectivity index (χ0) is 20.5.